The lowest BCUT2D eigenvalue weighted by Crippen LogP contribution is -2.55. The first-order valence-electron chi connectivity index (χ1n) is 8.74. The van der Waals surface area contributed by atoms with E-state index in [1.165, 1.54) is 6.07 Å². The summed E-state index contributed by atoms with van der Waals surface area (Å²) in [4.78, 5) is 49.1. The van der Waals surface area contributed by atoms with Crippen molar-refractivity contribution in [2.45, 2.75) is 44.4 Å². The average molecular weight is 376 g/mol. The number of fused-ring (bicyclic) bond motifs is 1. The molecular weight excluding hydrogens is 356 g/mol. The van der Waals surface area contributed by atoms with Crippen LogP contribution in [0.2, 0.25) is 0 Å². The second-order valence-electron chi connectivity index (χ2n) is 6.48. The van der Waals surface area contributed by atoms with Gasteiger partial charge in [-0.2, -0.15) is 0 Å². The molecule has 9 heteroatoms. The SMILES string of the molecule is O=C(O)CCCCOc1cccc2c1C(=O)N(C1CCC(O)NC1=O)C2=O. The van der Waals surface area contributed by atoms with Crippen LogP contribution in [0.4, 0.5) is 0 Å². The molecule has 0 bridgehead atoms. The number of rotatable bonds is 7. The minimum atomic E-state index is -0.978. The highest BCUT2D eigenvalue weighted by atomic mass is 16.5. The fourth-order valence-corrected chi connectivity index (χ4v) is 3.26. The summed E-state index contributed by atoms with van der Waals surface area (Å²) in [7, 11) is 0. The van der Waals surface area contributed by atoms with Crippen LogP contribution >= 0.6 is 0 Å². The third-order valence-electron chi connectivity index (χ3n) is 4.59. The van der Waals surface area contributed by atoms with Gasteiger partial charge in [-0.1, -0.05) is 6.07 Å². The highest BCUT2D eigenvalue weighted by molar-refractivity contribution is 6.24. The van der Waals surface area contributed by atoms with Gasteiger partial charge in [0.2, 0.25) is 5.91 Å². The van der Waals surface area contributed by atoms with Gasteiger partial charge in [0.15, 0.2) is 0 Å². The Morgan fingerprint density at radius 1 is 1.19 bits per heavy atom. The first-order valence-corrected chi connectivity index (χ1v) is 8.74. The third-order valence-corrected chi connectivity index (χ3v) is 4.59. The highest BCUT2D eigenvalue weighted by Gasteiger charge is 2.45. The van der Waals surface area contributed by atoms with Gasteiger partial charge in [0.25, 0.3) is 11.8 Å². The van der Waals surface area contributed by atoms with Crippen LogP contribution in [0.25, 0.3) is 0 Å². The molecule has 2 unspecified atom stereocenters. The van der Waals surface area contributed by atoms with Crippen LogP contribution in [0, 0.1) is 0 Å². The van der Waals surface area contributed by atoms with E-state index >= 15 is 0 Å². The van der Waals surface area contributed by atoms with Gasteiger partial charge in [0.05, 0.1) is 17.7 Å². The number of benzene rings is 1. The van der Waals surface area contributed by atoms with Crippen molar-refractivity contribution in [3.63, 3.8) is 0 Å². The van der Waals surface area contributed by atoms with Crippen molar-refractivity contribution >= 4 is 23.7 Å². The van der Waals surface area contributed by atoms with Crippen molar-refractivity contribution < 1.29 is 34.1 Å². The summed E-state index contributed by atoms with van der Waals surface area (Å²) in [5, 5.41) is 20.5. The van der Waals surface area contributed by atoms with E-state index in [0.29, 0.717) is 12.8 Å². The van der Waals surface area contributed by atoms with Crippen molar-refractivity contribution in [3.05, 3.63) is 29.3 Å². The minimum absolute atomic E-state index is 0.0318. The first-order chi connectivity index (χ1) is 12.9. The standard InChI is InChI=1S/C18H20N2O7/c21-13-8-7-11(16(24)19-13)20-17(25)10-4-3-5-12(15(10)18(20)26)27-9-2-1-6-14(22)23/h3-5,11,13,21H,1-2,6-9H2,(H,19,24)(H,22,23). The summed E-state index contributed by atoms with van der Waals surface area (Å²) in [5.74, 6) is -2.39. The van der Waals surface area contributed by atoms with Gasteiger partial charge in [-0.05, 0) is 37.8 Å². The van der Waals surface area contributed by atoms with Crippen LogP contribution < -0.4 is 10.1 Å². The van der Waals surface area contributed by atoms with Gasteiger partial charge in [0.1, 0.15) is 18.0 Å². The van der Waals surface area contributed by atoms with Crippen LogP contribution in [0.1, 0.15) is 52.8 Å². The number of imide groups is 1. The minimum Gasteiger partial charge on any atom is -0.493 e. The van der Waals surface area contributed by atoms with Crippen molar-refractivity contribution in [1.82, 2.24) is 10.2 Å². The number of carboxylic acid groups (broad SMARTS) is 1. The second-order valence-corrected chi connectivity index (χ2v) is 6.48. The zero-order chi connectivity index (χ0) is 19.6. The molecule has 9 nitrogen and oxygen atoms in total. The number of piperidine rings is 1. The van der Waals surface area contributed by atoms with Gasteiger partial charge in [-0.25, -0.2) is 0 Å². The molecular formula is C18H20N2O7. The molecule has 2 aliphatic rings. The maximum absolute atomic E-state index is 12.8. The predicted molar refractivity (Wildman–Crippen MR) is 91.1 cm³/mol. The lowest BCUT2D eigenvalue weighted by molar-refractivity contribution is -0.137. The van der Waals surface area contributed by atoms with Gasteiger partial charge < -0.3 is 20.3 Å². The molecule has 144 valence electrons. The molecule has 0 radical (unpaired) electrons. The van der Waals surface area contributed by atoms with E-state index < -0.39 is 36.0 Å². The van der Waals surface area contributed by atoms with E-state index in [9.17, 15) is 24.3 Å². The Balaban J connectivity index is 1.74. The van der Waals surface area contributed by atoms with E-state index in [1.807, 2.05) is 0 Å². The number of aliphatic carboxylic acids is 1. The number of hydrogen-bond donors (Lipinski definition) is 3. The fraction of sp³-hybridized carbons (Fsp3) is 0.444. The molecule has 27 heavy (non-hydrogen) atoms. The number of amides is 3. The van der Waals surface area contributed by atoms with Crippen LogP contribution in [-0.2, 0) is 9.59 Å². The number of carbonyl (C=O) groups excluding carboxylic acids is 3. The van der Waals surface area contributed by atoms with Crippen molar-refractivity contribution in [2.24, 2.45) is 0 Å². The molecule has 2 heterocycles. The summed E-state index contributed by atoms with van der Waals surface area (Å²) in [6, 6.07) is 3.69. The topological polar surface area (TPSA) is 133 Å². The number of nitrogens with zero attached hydrogens (tertiary/aromatic N) is 1. The second kappa shape index (κ2) is 7.75. The Labute approximate surface area is 154 Å². The van der Waals surface area contributed by atoms with Gasteiger partial charge in [-0.3, -0.25) is 24.1 Å². The van der Waals surface area contributed by atoms with Crippen molar-refractivity contribution in [3.8, 4) is 5.75 Å². The number of carboxylic acids is 1. The number of nitrogens with one attached hydrogen (secondary N) is 1. The maximum atomic E-state index is 12.8. The van der Waals surface area contributed by atoms with Crippen LogP contribution in [0.3, 0.4) is 0 Å². The molecule has 3 N–H and O–H groups in total. The summed E-state index contributed by atoms with van der Waals surface area (Å²) in [6.45, 7) is 0.210. The number of hydrogen-bond acceptors (Lipinski definition) is 6. The maximum Gasteiger partial charge on any atom is 0.303 e. The normalized spacial score (nSPS) is 21.8. The Morgan fingerprint density at radius 3 is 2.67 bits per heavy atom. The molecule has 0 saturated carbocycles. The molecule has 2 aliphatic heterocycles. The molecule has 1 saturated heterocycles. The zero-order valence-corrected chi connectivity index (χ0v) is 14.5. The molecule has 2 atom stereocenters. The van der Waals surface area contributed by atoms with E-state index in [0.717, 1.165) is 4.90 Å². The Kier molecular flexibility index (Phi) is 5.41. The van der Waals surface area contributed by atoms with Gasteiger partial charge in [-0.15, -0.1) is 0 Å². The Morgan fingerprint density at radius 2 is 1.96 bits per heavy atom. The quantitative estimate of drug-likeness (QED) is 0.466. The molecule has 0 aromatic heterocycles. The van der Waals surface area contributed by atoms with Crippen LogP contribution in [0.15, 0.2) is 18.2 Å². The zero-order valence-electron chi connectivity index (χ0n) is 14.5. The number of carbonyl (C=O) groups is 4. The molecule has 1 aromatic rings. The van der Waals surface area contributed by atoms with Crippen molar-refractivity contribution in [2.75, 3.05) is 6.61 Å². The molecule has 1 aromatic carbocycles. The number of unbranched alkanes of at least 4 members (excludes halogenated alkanes) is 1. The van der Waals surface area contributed by atoms with E-state index in [2.05, 4.69) is 5.32 Å². The predicted octanol–water partition coefficient (Wildman–Crippen LogP) is 0.513. The van der Waals surface area contributed by atoms with Gasteiger partial charge >= 0.3 is 5.97 Å². The summed E-state index contributed by atoms with van der Waals surface area (Å²) in [6.07, 6.45) is 0.414. The fourth-order valence-electron chi connectivity index (χ4n) is 3.26. The average Bonchev–Trinajstić information content (AvgIpc) is 2.87. The van der Waals surface area contributed by atoms with Crippen molar-refractivity contribution in [1.29, 1.82) is 0 Å². The summed E-state index contributed by atoms with van der Waals surface area (Å²) < 4.78 is 5.60. The first kappa shape index (κ1) is 18.8. The van der Waals surface area contributed by atoms with E-state index in [1.54, 1.807) is 12.1 Å². The lowest BCUT2D eigenvalue weighted by atomic mass is 10.0. The highest BCUT2D eigenvalue weighted by Crippen LogP contribution is 2.33. The smallest absolute Gasteiger partial charge is 0.303 e. The largest absolute Gasteiger partial charge is 0.493 e. The number of ether oxygens (including phenoxy) is 1. The van der Waals surface area contributed by atoms with E-state index in [-0.39, 0.29) is 42.7 Å². The van der Waals surface area contributed by atoms with Gasteiger partial charge in [0, 0.05) is 6.42 Å². The molecule has 3 amide bonds. The lowest BCUT2D eigenvalue weighted by Gasteiger charge is -2.31. The number of aliphatic hydroxyl groups is 1. The molecule has 1 fully saturated rings. The van der Waals surface area contributed by atoms with Crippen LogP contribution in [0.5, 0.6) is 5.75 Å². The van der Waals surface area contributed by atoms with Crippen LogP contribution in [-0.4, -0.2) is 57.7 Å². The number of aliphatic hydroxyl groups excluding tert-OH is 1. The Hall–Kier alpha value is -2.94. The summed E-state index contributed by atoms with van der Waals surface area (Å²) in [5.41, 5.74) is 0.279. The molecule has 0 spiro atoms. The van der Waals surface area contributed by atoms with E-state index in [4.69, 9.17) is 9.84 Å². The molecule has 0 aliphatic carbocycles. The molecule has 3 rings (SSSR count). The monoisotopic (exact) mass is 376 g/mol. The summed E-state index contributed by atoms with van der Waals surface area (Å²) >= 11 is 0. The Bertz CT molecular complexity index is 792. The third kappa shape index (κ3) is 3.77.